The molecular weight excluding hydrogens is 1500 g/mol. The average Bonchev–Trinajstić information content (AvgIpc) is 1.14. The van der Waals surface area contributed by atoms with Gasteiger partial charge in [-0.3, -0.25) is 24.2 Å². The van der Waals surface area contributed by atoms with E-state index < -0.39 is 66.4 Å². The number of aryl methyl sites for hydroxylation is 3. The predicted octanol–water partition coefficient (Wildman–Crippen LogP) is 17.3. The van der Waals surface area contributed by atoms with E-state index in [-0.39, 0.29) is 41.8 Å². The van der Waals surface area contributed by atoms with Gasteiger partial charge in [0.2, 0.25) is 0 Å². The lowest BCUT2D eigenvalue weighted by atomic mass is 9.95. The fourth-order valence-electron chi connectivity index (χ4n) is 15.9. The van der Waals surface area contributed by atoms with Crippen LogP contribution in [0.2, 0.25) is 0 Å². The number of carbonyl (C=O) groups excluding carboxylic acids is 6. The Kier molecular flexibility index (Phi) is 37.5. The molecule has 3 N–H and O–H groups in total. The van der Waals surface area contributed by atoms with Crippen LogP contribution < -0.4 is 9.47 Å². The van der Waals surface area contributed by atoms with Crippen LogP contribution in [0.1, 0.15) is 211 Å². The maximum Gasteiger partial charge on any atom is 0.345 e. The van der Waals surface area contributed by atoms with E-state index in [1.165, 1.54) is 32.5 Å². The number of amides is 1. The number of carboxylic acid groups (broad SMARTS) is 2. The smallest absolute Gasteiger partial charge is 0.345 e. The first-order valence-electron chi connectivity index (χ1n) is 41.7. The van der Waals surface area contributed by atoms with Crippen LogP contribution in [0.15, 0.2) is 224 Å². The Bertz CT molecular complexity index is 4390. The Morgan fingerprint density at radius 3 is 1.10 bits per heavy atom. The molecule has 2 aliphatic carbocycles. The van der Waals surface area contributed by atoms with E-state index in [0.29, 0.717) is 66.8 Å². The summed E-state index contributed by atoms with van der Waals surface area (Å²) in [5, 5.41) is 28.0. The number of ether oxygens (including phenoxy) is 7. The van der Waals surface area contributed by atoms with Crippen LogP contribution in [0, 0.1) is 11.8 Å². The van der Waals surface area contributed by atoms with Gasteiger partial charge in [-0.15, -0.1) is 0 Å². The number of methoxy groups -OCH3 is 3. The number of para-hydroxylation sites is 2. The average molecular weight is 1610 g/mol. The minimum Gasteiger partial charge on any atom is -0.480 e. The van der Waals surface area contributed by atoms with Gasteiger partial charge in [-0.1, -0.05) is 202 Å². The number of aliphatic carboxylic acids is 2. The van der Waals surface area contributed by atoms with Gasteiger partial charge in [-0.25, -0.2) is 24.0 Å². The normalized spacial score (nSPS) is 18.1. The van der Waals surface area contributed by atoms with E-state index in [2.05, 4.69) is 21.8 Å². The number of hydrogen-bond acceptors (Lipinski definition) is 18. The van der Waals surface area contributed by atoms with Crippen molar-refractivity contribution >= 4 is 47.7 Å². The van der Waals surface area contributed by atoms with Crippen LogP contribution in [-0.4, -0.2) is 163 Å². The van der Waals surface area contributed by atoms with Crippen LogP contribution in [0.25, 0.3) is 0 Å². The Hall–Kier alpha value is -11.0. The van der Waals surface area contributed by atoms with Gasteiger partial charge in [0.05, 0.1) is 44.1 Å². The zero-order valence-electron chi connectivity index (χ0n) is 68.8. The Morgan fingerprint density at radius 1 is 0.373 bits per heavy atom. The van der Waals surface area contributed by atoms with Crippen molar-refractivity contribution in [2.45, 2.75) is 196 Å². The molecule has 8 aromatic rings. The number of likely N-dealkylation sites (N-methyl/N-ethyl adjacent to an activating group) is 2. The van der Waals surface area contributed by atoms with Crippen LogP contribution in [-0.2, 0) is 66.9 Å². The largest absolute Gasteiger partial charge is 0.480 e. The molecule has 3 saturated heterocycles. The van der Waals surface area contributed by atoms with Crippen LogP contribution >= 0.6 is 0 Å². The second kappa shape index (κ2) is 48.6. The van der Waals surface area contributed by atoms with Crippen molar-refractivity contribution in [3.8, 4) is 11.5 Å². The molecule has 2 unspecified atom stereocenters. The summed E-state index contributed by atoms with van der Waals surface area (Å²) in [6.07, 6.45) is 17.5. The molecule has 5 aliphatic rings. The third-order valence-electron chi connectivity index (χ3n) is 22.5. The zero-order valence-corrected chi connectivity index (χ0v) is 68.8. The minimum absolute atomic E-state index is 0.117. The molecule has 0 aromatic heterocycles. The van der Waals surface area contributed by atoms with Gasteiger partial charge in [0.25, 0.3) is 5.91 Å². The van der Waals surface area contributed by atoms with Gasteiger partial charge in [-0.2, -0.15) is 0 Å². The van der Waals surface area contributed by atoms with E-state index in [1.54, 1.807) is 71.6 Å². The number of rotatable bonds is 28. The van der Waals surface area contributed by atoms with Crippen molar-refractivity contribution in [1.82, 2.24) is 14.7 Å². The fraction of sp³-hybridized carbons (Fsp3) is 0.423. The van der Waals surface area contributed by atoms with Crippen LogP contribution in [0.5, 0.6) is 11.5 Å². The van der Waals surface area contributed by atoms with E-state index in [0.717, 1.165) is 151 Å². The molecule has 628 valence electrons. The van der Waals surface area contributed by atoms with E-state index in [9.17, 15) is 43.5 Å². The molecule has 5 fully saturated rings. The summed E-state index contributed by atoms with van der Waals surface area (Å²) in [4.78, 5) is 104. The van der Waals surface area contributed by atoms with E-state index in [1.807, 2.05) is 165 Å². The fourth-order valence-corrected chi connectivity index (χ4v) is 15.9. The van der Waals surface area contributed by atoms with Crippen molar-refractivity contribution in [3.05, 3.63) is 275 Å². The number of benzene rings is 8. The highest BCUT2D eigenvalue weighted by atomic mass is 16.6. The Morgan fingerprint density at radius 2 is 0.712 bits per heavy atom. The summed E-state index contributed by atoms with van der Waals surface area (Å²) in [5.41, 5.74) is 7.09. The number of aliphatic hydroxyl groups excluding tert-OH is 1. The third kappa shape index (κ3) is 28.7. The highest BCUT2D eigenvalue weighted by Crippen LogP contribution is 2.36. The molecule has 8 atom stereocenters. The maximum atomic E-state index is 14.2. The molecular formula is C97H117N3O18. The van der Waals surface area contributed by atoms with Gasteiger partial charge < -0.3 is 53.4 Å². The quantitative estimate of drug-likeness (QED) is 0.0304. The molecule has 0 radical (unpaired) electrons. The summed E-state index contributed by atoms with van der Waals surface area (Å²) in [5.74, 6) is -1.91. The molecule has 118 heavy (non-hydrogen) atoms. The second-order valence-electron chi connectivity index (χ2n) is 30.8. The molecule has 2 saturated carbocycles. The first-order valence-corrected chi connectivity index (χ1v) is 41.7. The number of piperidine rings is 3. The summed E-state index contributed by atoms with van der Waals surface area (Å²) in [7, 11) is 7.90. The number of nitrogens with zero attached hydrogens (tertiary/aromatic N) is 3. The molecule has 3 aliphatic heterocycles. The van der Waals surface area contributed by atoms with Crippen molar-refractivity contribution in [2.24, 2.45) is 11.8 Å². The van der Waals surface area contributed by atoms with Crippen molar-refractivity contribution in [3.63, 3.8) is 0 Å². The van der Waals surface area contributed by atoms with Crippen molar-refractivity contribution in [2.75, 3.05) is 55.1 Å². The number of esters is 5. The lowest BCUT2D eigenvalue weighted by molar-refractivity contribution is -0.165. The van der Waals surface area contributed by atoms with Crippen LogP contribution in [0.4, 0.5) is 0 Å². The summed E-state index contributed by atoms with van der Waals surface area (Å²) >= 11 is 0. The molecule has 8 aromatic carbocycles. The number of hydrogen-bond donors (Lipinski definition) is 3. The summed E-state index contributed by atoms with van der Waals surface area (Å²) in [6.45, 7) is 2.33. The first kappa shape index (κ1) is 90.9. The summed E-state index contributed by atoms with van der Waals surface area (Å²) in [6, 6.07) is 68.9. The van der Waals surface area contributed by atoms with E-state index in [4.69, 9.17) is 38.6 Å². The lowest BCUT2D eigenvalue weighted by Gasteiger charge is -2.38. The topological polar surface area (TPSA) is 272 Å². The molecule has 1 amide bonds. The number of carboxylic acids is 2. The molecule has 13 rings (SSSR count). The molecule has 0 spiro atoms. The second-order valence-corrected chi connectivity index (χ2v) is 30.8. The van der Waals surface area contributed by atoms with Gasteiger partial charge in [0.1, 0.15) is 41.8 Å². The molecule has 0 bridgehead atoms. The third-order valence-corrected chi connectivity index (χ3v) is 22.5. The van der Waals surface area contributed by atoms with Crippen molar-refractivity contribution in [1.29, 1.82) is 0 Å². The number of aliphatic hydroxyl groups is 1. The monoisotopic (exact) mass is 1610 g/mol. The zero-order chi connectivity index (χ0) is 84.0. The number of carbonyl (C=O) groups is 8. The maximum absolute atomic E-state index is 14.2. The molecule has 3 heterocycles. The lowest BCUT2D eigenvalue weighted by Crippen LogP contribution is -2.54. The Labute approximate surface area is 694 Å². The van der Waals surface area contributed by atoms with E-state index >= 15 is 0 Å². The molecule has 21 nitrogen and oxygen atoms in total. The standard InChI is InChI=1S/C36H41NO6.C24H29NO4.C17H18O3.C13H16O3.C7H13NO2/c1-41-35(39)29-18-12-17-28(25-29)32(23-22-26-13-4-2-5-14-26)43-36(40)31-21-10-11-24-37(31)34(38)33(27-15-8-9-16-27)42-30-19-6-3-7-20-30;1-25-16-7-6-13-21(25)24(27)29-22(15-14-18-9-4-3-5-10-18)19-11-8-12-20(17-19)23(26)28-2;1-20-17(19)15-9-5-8-14(12-15)16(18)11-10-13-6-3-2-4-7-13;14-13(15)12(10-6-4-5-7-10)16-11-8-2-1-3-9-11;1-8-5-3-2-4-6(8)7(9)10/h2-7,12-14,17-20,25,27,31-33H,8-11,15-16,21-24H2,1H3;3-5,8-12,17,21-22H,6-7,13-16H2,1-2H3;2-9,12,16,18H,10-11H2,1H3;1-3,8-10,12H,4-7H2,(H,14,15);6H,2-5H2,1H3,(H,9,10)/t31?,32-,33-;21?,22-;16-;12-;6-/m11110/s1. The minimum atomic E-state index is -0.851. The Balaban J connectivity index is 0.000000183. The highest BCUT2D eigenvalue weighted by molar-refractivity contribution is 5.91. The van der Waals surface area contributed by atoms with Gasteiger partial charge >= 0.3 is 41.8 Å². The predicted molar refractivity (Wildman–Crippen MR) is 451 cm³/mol. The highest BCUT2D eigenvalue weighted by Gasteiger charge is 2.42. The van der Waals surface area contributed by atoms with Gasteiger partial charge in [0.15, 0.2) is 12.2 Å². The summed E-state index contributed by atoms with van der Waals surface area (Å²) < 4.78 is 38.6. The van der Waals surface area contributed by atoms with Crippen molar-refractivity contribution < 1.29 is 86.8 Å². The van der Waals surface area contributed by atoms with Gasteiger partial charge in [0, 0.05) is 18.4 Å². The first-order chi connectivity index (χ1) is 57.3. The van der Waals surface area contributed by atoms with Gasteiger partial charge in [-0.05, 0) is 230 Å². The van der Waals surface area contributed by atoms with Crippen LogP contribution in [0.3, 0.4) is 0 Å². The molecule has 21 heteroatoms. The SMILES string of the molecule is CN1CCCC[C@H]1C(=O)O.COC(=O)c1cccc([C@@H](CCc2ccccc2)OC(=O)C2CCCCN2C(=O)[C@H](Oc2ccccc2)C2CCCC2)c1.COC(=O)c1cccc([C@@H](CCc2ccccc2)OC(=O)C2CCCCN2C)c1.COC(=O)c1cccc([C@H](O)CCc2ccccc2)c1.O=C(O)[C@H](Oc1ccccc1)C1CCCC1. The number of likely N-dealkylation sites (tertiary alicyclic amines) is 3.